The average Bonchev–Trinajstić information content (AvgIpc) is 3.52. The van der Waals surface area contributed by atoms with Crippen LogP contribution < -0.4 is 0 Å². The molecule has 146 valence electrons. The normalized spacial score (nSPS) is 11.6. The van der Waals surface area contributed by atoms with E-state index in [-0.39, 0.29) is 0 Å². The van der Waals surface area contributed by atoms with Crippen LogP contribution in [0.2, 0.25) is 0 Å². The molecule has 2 aromatic carbocycles. The molecule has 0 bridgehead atoms. The van der Waals surface area contributed by atoms with Gasteiger partial charge in [-0.2, -0.15) is 10.2 Å². The third kappa shape index (κ3) is 3.18. The lowest BCUT2D eigenvalue weighted by atomic mass is 10.1. The Balaban J connectivity index is 1.67. The van der Waals surface area contributed by atoms with E-state index >= 15 is 0 Å². The Hall–Kier alpha value is -3.48. The first kappa shape index (κ1) is 17.6. The summed E-state index contributed by atoms with van der Waals surface area (Å²) in [5.74, 6) is 0. The quantitative estimate of drug-likeness (QED) is 0.386. The fourth-order valence-electron chi connectivity index (χ4n) is 3.99. The van der Waals surface area contributed by atoms with Gasteiger partial charge in [-0.15, -0.1) is 0 Å². The summed E-state index contributed by atoms with van der Waals surface area (Å²) in [5.41, 5.74) is 4.50. The van der Waals surface area contributed by atoms with Crippen molar-refractivity contribution in [3.63, 3.8) is 0 Å². The Bertz CT molecular complexity index is 1140. The van der Waals surface area contributed by atoms with Crippen molar-refractivity contribution in [3.05, 3.63) is 61.7 Å². The number of rotatable bonds is 7. The van der Waals surface area contributed by atoms with E-state index in [0.717, 1.165) is 17.9 Å². The highest BCUT2D eigenvalue weighted by molar-refractivity contribution is 6.09. The maximum absolute atomic E-state index is 4.28. The Morgan fingerprint density at radius 1 is 0.724 bits per heavy atom. The second-order valence-corrected chi connectivity index (χ2v) is 7.30. The molecule has 29 heavy (non-hydrogen) atoms. The van der Waals surface area contributed by atoms with Crippen molar-refractivity contribution in [1.82, 2.24) is 34.1 Å². The predicted molar refractivity (Wildman–Crippen MR) is 113 cm³/mol. The molecule has 0 radical (unpaired) electrons. The first-order valence-corrected chi connectivity index (χ1v) is 10.1. The first-order chi connectivity index (χ1) is 14.3. The lowest BCUT2D eigenvalue weighted by molar-refractivity contribution is 0.602. The van der Waals surface area contributed by atoms with Gasteiger partial charge >= 0.3 is 0 Å². The van der Waals surface area contributed by atoms with Gasteiger partial charge in [0.2, 0.25) is 0 Å². The van der Waals surface area contributed by atoms with Gasteiger partial charge in [-0.05, 0) is 42.8 Å². The molecule has 0 N–H and O–H groups in total. The highest BCUT2D eigenvalue weighted by Gasteiger charge is 2.13. The summed E-state index contributed by atoms with van der Waals surface area (Å²) in [6.45, 7) is 3.27. The van der Waals surface area contributed by atoms with E-state index in [1.165, 1.54) is 47.5 Å². The molecule has 7 heteroatoms. The minimum Gasteiger partial charge on any atom is -0.340 e. The van der Waals surface area contributed by atoms with Crippen LogP contribution in [0.4, 0.5) is 0 Å². The highest BCUT2D eigenvalue weighted by Crippen LogP contribution is 2.32. The van der Waals surface area contributed by atoms with Crippen LogP contribution in [0.15, 0.2) is 61.7 Å². The Labute approximate surface area is 168 Å². The monoisotopic (exact) mass is 385 g/mol. The van der Waals surface area contributed by atoms with Gasteiger partial charge in [0, 0.05) is 28.4 Å². The van der Waals surface area contributed by atoms with Crippen LogP contribution in [-0.4, -0.2) is 34.1 Å². The van der Waals surface area contributed by atoms with Gasteiger partial charge < -0.3 is 4.57 Å². The van der Waals surface area contributed by atoms with Crippen LogP contribution in [0.5, 0.6) is 0 Å². The van der Waals surface area contributed by atoms with Gasteiger partial charge in [-0.25, -0.2) is 19.3 Å². The van der Waals surface area contributed by atoms with Crippen molar-refractivity contribution in [2.75, 3.05) is 0 Å². The summed E-state index contributed by atoms with van der Waals surface area (Å²) in [5, 5.41) is 11.0. The van der Waals surface area contributed by atoms with Crippen molar-refractivity contribution in [3.8, 4) is 11.4 Å². The van der Waals surface area contributed by atoms with E-state index in [0.29, 0.717) is 0 Å². The van der Waals surface area contributed by atoms with Crippen LogP contribution in [0.3, 0.4) is 0 Å². The average molecular weight is 385 g/mol. The molecule has 0 atom stereocenters. The standard InChI is InChI=1S/C22H23N7/c1-2-3-4-5-10-27-21-8-6-17(28-15-23-13-25-28)11-19(21)20-12-18(7-9-22(20)27)29-16-24-14-26-29/h6-9,11-16H,2-5,10H2,1H3. The predicted octanol–water partition coefficient (Wildman–Crippen LogP) is 4.54. The van der Waals surface area contributed by atoms with E-state index in [4.69, 9.17) is 0 Å². The third-order valence-electron chi connectivity index (χ3n) is 5.43. The molecule has 0 amide bonds. The minimum atomic E-state index is 1.01. The number of aryl methyl sites for hydroxylation is 1. The van der Waals surface area contributed by atoms with Crippen molar-refractivity contribution >= 4 is 21.8 Å². The summed E-state index contributed by atoms with van der Waals surface area (Å²) < 4.78 is 6.03. The molecule has 0 aliphatic rings. The number of nitrogens with zero attached hydrogens (tertiary/aromatic N) is 7. The SMILES string of the molecule is CCCCCCn1c2ccc(-n3cncn3)cc2c2cc(-n3cncn3)ccc21. The van der Waals surface area contributed by atoms with E-state index in [9.17, 15) is 0 Å². The summed E-state index contributed by atoms with van der Waals surface area (Å²) in [7, 11) is 0. The smallest absolute Gasteiger partial charge is 0.138 e. The fourth-order valence-corrected chi connectivity index (χ4v) is 3.99. The molecule has 5 aromatic rings. The Kier molecular flexibility index (Phi) is 4.56. The topological polar surface area (TPSA) is 66.3 Å². The van der Waals surface area contributed by atoms with Crippen LogP contribution in [0.25, 0.3) is 33.2 Å². The maximum atomic E-state index is 4.28. The van der Waals surface area contributed by atoms with Crippen molar-refractivity contribution in [2.45, 2.75) is 39.2 Å². The fraction of sp³-hybridized carbons (Fsp3) is 0.273. The van der Waals surface area contributed by atoms with Crippen LogP contribution in [-0.2, 0) is 6.54 Å². The zero-order valence-corrected chi connectivity index (χ0v) is 16.4. The van der Waals surface area contributed by atoms with Gasteiger partial charge in [-0.3, -0.25) is 0 Å². The summed E-state index contributed by atoms with van der Waals surface area (Å²) in [4.78, 5) is 8.16. The Morgan fingerprint density at radius 3 is 1.79 bits per heavy atom. The number of hydrogen-bond donors (Lipinski definition) is 0. The van der Waals surface area contributed by atoms with E-state index in [1.54, 1.807) is 34.7 Å². The Morgan fingerprint density at radius 2 is 1.31 bits per heavy atom. The second-order valence-electron chi connectivity index (χ2n) is 7.30. The van der Waals surface area contributed by atoms with Crippen LogP contribution >= 0.6 is 0 Å². The van der Waals surface area contributed by atoms with Crippen LogP contribution in [0.1, 0.15) is 32.6 Å². The maximum Gasteiger partial charge on any atom is 0.138 e. The number of fused-ring (bicyclic) bond motifs is 3. The zero-order valence-electron chi connectivity index (χ0n) is 16.4. The molecule has 0 aliphatic heterocycles. The highest BCUT2D eigenvalue weighted by atomic mass is 15.3. The van der Waals surface area contributed by atoms with Gasteiger partial charge in [-0.1, -0.05) is 26.2 Å². The molecule has 0 aliphatic carbocycles. The lowest BCUT2D eigenvalue weighted by Gasteiger charge is -2.08. The zero-order chi connectivity index (χ0) is 19.6. The molecule has 0 fully saturated rings. The summed E-state index contributed by atoms with van der Waals surface area (Å²) >= 11 is 0. The second kappa shape index (κ2) is 7.50. The molecule has 5 rings (SSSR count). The molecule has 7 nitrogen and oxygen atoms in total. The van der Waals surface area contributed by atoms with E-state index in [1.807, 2.05) is 0 Å². The minimum absolute atomic E-state index is 1.01. The number of aromatic nitrogens is 7. The van der Waals surface area contributed by atoms with Crippen molar-refractivity contribution in [1.29, 1.82) is 0 Å². The van der Waals surface area contributed by atoms with Crippen molar-refractivity contribution in [2.24, 2.45) is 0 Å². The number of benzene rings is 2. The number of hydrogen-bond acceptors (Lipinski definition) is 4. The molecule has 0 unspecified atom stereocenters. The molecule has 0 spiro atoms. The van der Waals surface area contributed by atoms with Gasteiger partial charge in [0.25, 0.3) is 0 Å². The molecular formula is C22H23N7. The van der Waals surface area contributed by atoms with Crippen LogP contribution in [0, 0.1) is 0 Å². The molecule has 0 saturated carbocycles. The summed E-state index contributed by atoms with van der Waals surface area (Å²) in [6.07, 6.45) is 11.5. The lowest BCUT2D eigenvalue weighted by Crippen LogP contribution is -1.99. The first-order valence-electron chi connectivity index (χ1n) is 10.1. The van der Waals surface area contributed by atoms with Crippen molar-refractivity contribution < 1.29 is 0 Å². The van der Waals surface area contributed by atoms with Gasteiger partial charge in [0.05, 0.1) is 11.4 Å². The largest absolute Gasteiger partial charge is 0.340 e. The van der Waals surface area contributed by atoms with Gasteiger partial charge in [0.15, 0.2) is 0 Å². The van der Waals surface area contributed by atoms with E-state index < -0.39 is 0 Å². The molecule has 3 aromatic heterocycles. The molecular weight excluding hydrogens is 362 g/mol. The molecule has 0 saturated heterocycles. The third-order valence-corrected chi connectivity index (χ3v) is 5.43. The van der Waals surface area contributed by atoms with E-state index in [2.05, 4.69) is 68.1 Å². The molecule has 3 heterocycles. The number of unbranched alkanes of at least 4 members (excludes halogenated alkanes) is 3. The van der Waals surface area contributed by atoms with Gasteiger partial charge in [0.1, 0.15) is 25.3 Å². The summed E-state index contributed by atoms with van der Waals surface area (Å²) in [6, 6.07) is 13.0.